The van der Waals surface area contributed by atoms with Crippen molar-refractivity contribution in [3.05, 3.63) is 76.4 Å². The fraction of sp³-hybridized carbons (Fsp3) is 0.292. The number of anilines is 1. The Bertz CT molecular complexity index is 1110. The van der Waals surface area contributed by atoms with Gasteiger partial charge in [-0.05, 0) is 60.4 Å². The van der Waals surface area contributed by atoms with Crippen LogP contribution in [-0.4, -0.2) is 53.0 Å². The topological polar surface area (TPSA) is 108 Å². The SMILES string of the molecule is N=C/C(=C\C(=C\N1CCOCC1)c1ccn(C2CC2)c(=O)c1)C(=O)Nc1ccc(O)cc1. The normalized spacial score (nSPS) is 17.2. The minimum atomic E-state index is -0.454. The number of nitrogens with zero attached hydrogens (tertiary/aromatic N) is 2. The van der Waals surface area contributed by atoms with E-state index in [1.807, 2.05) is 12.3 Å². The lowest BCUT2D eigenvalue weighted by atomic mass is 10.0. The largest absolute Gasteiger partial charge is 0.508 e. The molecule has 0 spiro atoms. The van der Waals surface area contributed by atoms with Gasteiger partial charge in [0.2, 0.25) is 0 Å². The highest BCUT2D eigenvalue weighted by Crippen LogP contribution is 2.33. The van der Waals surface area contributed by atoms with Crippen LogP contribution in [0.1, 0.15) is 24.4 Å². The lowest BCUT2D eigenvalue weighted by Gasteiger charge is -2.26. The third-order valence-corrected chi connectivity index (χ3v) is 5.44. The second-order valence-electron chi connectivity index (χ2n) is 7.87. The van der Waals surface area contributed by atoms with Crippen molar-refractivity contribution in [1.29, 1.82) is 5.41 Å². The van der Waals surface area contributed by atoms with Gasteiger partial charge in [-0.2, -0.15) is 0 Å². The molecule has 1 aliphatic carbocycles. The van der Waals surface area contributed by atoms with Crippen molar-refractivity contribution in [3.63, 3.8) is 0 Å². The Hall–Kier alpha value is -3.65. The molecule has 1 saturated heterocycles. The number of benzene rings is 1. The number of pyridine rings is 1. The molecule has 4 rings (SSSR count). The summed E-state index contributed by atoms with van der Waals surface area (Å²) in [6.07, 6.45) is 8.37. The number of phenols is 1. The standard InChI is InChI=1S/C24H26N4O4/c25-15-18(24(31)26-20-1-5-22(29)6-2-20)13-19(16-27-9-11-32-12-10-27)17-7-8-28(21-3-4-21)23(30)14-17/h1-2,5-8,13-16,21,25,29H,3-4,9-12H2,(H,26,31)/b18-13+,19-16-,25-15?. The van der Waals surface area contributed by atoms with Gasteiger partial charge in [-0.25, -0.2) is 0 Å². The number of amides is 1. The highest BCUT2D eigenvalue weighted by molar-refractivity contribution is 6.18. The van der Waals surface area contributed by atoms with E-state index in [4.69, 9.17) is 10.1 Å². The van der Waals surface area contributed by atoms with E-state index in [0.29, 0.717) is 43.1 Å². The van der Waals surface area contributed by atoms with Crippen LogP contribution in [0.25, 0.3) is 5.57 Å². The first kappa shape index (κ1) is 21.6. The van der Waals surface area contributed by atoms with Crippen molar-refractivity contribution in [3.8, 4) is 5.75 Å². The molecule has 3 N–H and O–H groups in total. The molecule has 0 unspecified atom stereocenters. The Labute approximate surface area is 185 Å². The zero-order chi connectivity index (χ0) is 22.5. The number of hydrogen-bond acceptors (Lipinski definition) is 6. The van der Waals surface area contributed by atoms with E-state index in [1.54, 1.807) is 35.0 Å². The minimum absolute atomic E-state index is 0.0729. The number of carbonyl (C=O) groups excluding carboxylic acids is 1. The first-order valence-corrected chi connectivity index (χ1v) is 10.6. The molecule has 2 heterocycles. The summed E-state index contributed by atoms with van der Waals surface area (Å²) in [6, 6.07) is 9.85. The zero-order valence-corrected chi connectivity index (χ0v) is 17.7. The second kappa shape index (κ2) is 9.65. The molecule has 1 amide bonds. The number of morpholine rings is 1. The van der Waals surface area contributed by atoms with Crippen molar-refractivity contribution in [2.75, 3.05) is 31.6 Å². The summed E-state index contributed by atoms with van der Waals surface area (Å²) in [5, 5.41) is 19.9. The van der Waals surface area contributed by atoms with Gasteiger partial charge in [0.1, 0.15) is 5.75 Å². The van der Waals surface area contributed by atoms with Crippen LogP contribution in [0, 0.1) is 5.41 Å². The summed E-state index contributed by atoms with van der Waals surface area (Å²) >= 11 is 0. The maximum Gasteiger partial charge on any atom is 0.257 e. The maximum absolute atomic E-state index is 12.8. The number of phenolic OH excluding ortho intramolecular Hbond substituents is 1. The van der Waals surface area contributed by atoms with E-state index in [1.165, 1.54) is 12.1 Å². The highest BCUT2D eigenvalue weighted by atomic mass is 16.5. The Morgan fingerprint density at radius 1 is 1.16 bits per heavy atom. The molecule has 1 saturated carbocycles. The van der Waals surface area contributed by atoms with Gasteiger partial charge in [0.15, 0.2) is 0 Å². The molecule has 8 heteroatoms. The van der Waals surface area contributed by atoms with Crippen LogP contribution in [0.5, 0.6) is 5.75 Å². The first-order valence-electron chi connectivity index (χ1n) is 10.6. The van der Waals surface area contributed by atoms with Gasteiger partial charge < -0.3 is 30.0 Å². The van der Waals surface area contributed by atoms with E-state index in [9.17, 15) is 14.7 Å². The van der Waals surface area contributed by atoms with E-state index in [0.717, 1.165) is 19.1 Å². The van der Waals surface area contributed by atoms with Gasteiger partial charge in [-0.3, -0.25) is 9.59 Å². The predicted octanol–water partition coefficient (Wildman–Crippen LogP) is 2.78. The molecule has 2 aromatic rings. The monoisotopic (exact) mass is 434 g/mol. The van der Waals surface area contributed by atoms with Gasteiger partial charge >= 0.3 is 0 Å². The quantitative estimate of drug-likeness (QED) is 0.269. The molecule has 0 bridgehead atoms. The number of rotatable bonds is 7. The van der Waals surface area contributed by atoms with Crippen molar-refractivity contribution in [1.82, 2.24) is 9.47 Å². The minimum Gasteiger partial charge on any atom is -0.508 e. The summed E-state index contributed by atoms with van der Waals surface area (Å²) < 4.78 is 7.16. The molecule has 2 fully saturated rings. The van der Waals surface area contributed by atoms with Gasteiger partial charge in [0.05, 0.1) is 18.8 Å². The first-order chi connectivity index (χ1) is 15.5. The van der Waals surface area contributed by atoms with Gasteiger partial charge in [0.25, 0.3) is 11.5 Å². The van der Waals surface area contributed by atoms with Crippen LogP contribution in [-0.2, 0) is 9.53 Å². The molecule has 32 heavy (non-hydrogen) atoms. The van der Waals surface area contributed by atoms with Crippen molar-refractivity contribution >= 4 is 23.4 Å². The molecule has 2 aliphatic rings. The van der Waals surface area contributed by atoms with E-state index in [-0.39, 0.29) is 22.9 Å². The average Bonchev–Trinajstić information content (AvgIpc) is 3.64. The smallest absolute Gasteiger partial charge is 0.257 e. The van der Waals surface area contributed by atoms with Gasteiger partial charge in [-0.15, -0.1) is 0 Å². The van der Waals surface area contributed by atoms with Gasteiger partial charge in [0, 0.05) is 49.5 Å². The summed E-state index contributed by atoms with van der Waals surface area (Å²) in [5.74, 6) is -0.354. The van der Waals surface area contributed by atoms with E-state index < -0.39 is 5.91 Å². The summed E-state index contributed by atoms with van der Waals surface area (Å²) in [7, 11) is 0. The molecule has 1 aromatic carbocycles. The van der Waals surface area contributed by atoms with Gasteiger partial charge in [-0.1, -0.05) is 0 Å². The Morgan fingerprint density at radius 3 is 2.50 bits per heavy atom. The van der Waals surface area contributed by atoms with E-state index >= 15 is 0 Å². The third-order valence-electron chi connectivity index (χ3n) is 5.44. The lowest BCUT2D eigenvalue weighted by molar-refractivity contribution is -0.112. The maximum atomic E-state index is 12.8. The number of hydrogen-bond donors (Lipinski definition) is 3. The summed E-state index contributed by atoms with van der Waals surface area (Å²) in [6.45, 7) is 2.62. The van der Waals surface area contributed by atoms with Crippen LogP contribution in [0.3, 0.4) is 0 Å². The molecule has 1 aliphatic heterocycles. The number of ether oxygens (including phenoxy) is 1. The van der Waals surface area contributed by atoms with Crippen LogP contribution < -0.4 is 10.9 Å². The Kier molecular flexibility index (Phi) is 6.51. The summed E-state index contributed by atoms with van der Waals surface area (Å²) in [5.41, 5.74) is 1.94. The fourth-order valence-corrected chi connectivity index (χ4v) is 3.51. The number of aromatic nitrogens is 1. The summed E-state index contributed by atoms with van der Waals surface area (Å²) in [4.78, 5) is 27.5. The molecular formula is C24H26N4O4. The van der Waals surface area contributed by atoms with Crippen molar-refractivity contribution in [2.45, 2.75) is 18.9 Å². The molecular weight excluding hydrogens is 408 g/mol. The molecule has 0 radical (unpaired) electrons. The fourth-order valence-electron chi connectivity index (χ4n) is 3.51. The number of nitrogens with one attached hydrogen (secondary N) is 2. The van der Waals surface area contributed by atoms with Crippen LogP contribution in [0.2, 0.25) is 0 Å². The van der Waals surface area contributed by atoms with Crippen LogP contribution in [0.15, 0.2) is 65.2 Å². The number of allylic oxidation sites excluding steroid dienone is 2. The third kappa shape index (κ3) is 5.33. The van der Waals surface area contributed by atoms with Crippen LogP contribution >= 0.6 is 0 Å². The number of carbonyl (C=O) groups is 1. The van der Waals surface area contributed by atoms with Crippen molar-refractivity contribution in [2.24, 2.45) is 0 Å². The number of aromatic hydroxyl groups is 1. The average molecular weight is 434 g/mol. The zero-order valence-electron chi connectivity index (χ0n) is 17.7. The predicted molar refractivity (Wildman–Crippen MR) is 123 cm³/mol. The highest BCUT2D eigenvalue weighted by Gasteiger charge is 2.24. The second-order valence-corrected chi connectivity index (χ2v) is 7.87. The molecule has 166 valence electrons. The Morgan fingerprint density at radius 2 is 1.88 bits per heavy atom. The van der Waals surface area contributed by atoms with Crippen molar-refractivity contribution < 1.29 is 14.6 Å². The molecule has 1 aromatic heterocycles. The Balaban J connectivity index is 1.65. The lowest BCUT2D eigenvalue weighted by Crippen LogP contribution is -2.32. The van der Waals surface area contributed by atoms with Crippen LogP contribution in [0.4, 0.5) is 5.69 Å². The molecule has 8 nitrogen and oxygen atoms in total. The molecule has 0 atom stereocenters. The van der Waals surface area contributed by atoms with E-state index in [2.05, 4.69) is 10.2 Å².